The first-order valence-corrected chi connectivity index (χ1v) is 5.76. The second-order valence-corrected chi connectivity index (χ2v) is 4.69. The average Bonchev–Trinajstić information content (AvgIpc) is 2.15. The van der Waals surface area contributed by atoms with Crippen molar-refractivity contribution in [2.75, 3.05) is 0 Å². The molecular formula is C10H7ClF3IO. The Kier molecular flexibility index (Phi) is 4.23. The van der Waals surface area contributed by atoms with Crippen molar-refractivity contribution in [3.8, 4) is 0 Å². The van der Waals surface area contributed by atoms with Crippen molar-refractivity contribution in [2.24, 2.45) is 0 Å². The maximum atomic E-state index is 12.6. The zero-order valence-corrected chi connectivity index (χ0v) is 11.0. The van der Waals surface area contributed by atoms with Gasteiger partial charge in [-0.25, -0.2) is 0 Å². The van der Waals surface area contributed by atoms with Gasteiger partial charge >= 0.3 is 6.18 Å². The van der Waals surface area contributed by atoms with Gasteiger partial charge in [0.15, 0.2) is 5.78 Å². The molecule has 0 saturated heterocycles. The molecule has 0 aromatic heterocycles. The summed E-state index contributed by atoms with van der Waals surface area (Å²) in [6, 6.07) is 3.64. The number of carbonyl (C=O) groups excluding carboxylic acids is 1. The van der Waals surface area contributed by atoms with Gasteiger partial charge in [0.1, 0.15) is 5.38 Å². The average molecular weight is 363 g/mol. The summed E-state index contributed by atoms with van der Waals surface area (Å²) < 4.78 is 37.7. The van der Waals surface area contributed by atoms with Crippen LogP contribution in [0.3, 0.4) is 0 Å². The number of rotatable bonds is 2. The highest BCUT2D eigenvalue weighted by molar-refractivity contribution is 14.1. The Labute approximate surface area is 109 Å². The van der Waals surface area contributed by atoms with Crippen LogP contribution in [0.15, 0.2) is 18.2 Å². The number of alkyl halides is 4. The van der Waals surface area contributed by atoms with Gasteiger partial charge in [-0.2, -0.15) is 13.2 Å². The molecule has 1 nitrogen and oxygen atoms in total. The van der Waals surface area contributed by atoms with Crippen LogP contribution in [0.4, 0.5) is 13.2 Å². The van der Waals surface area contributed by atoms with E-state index in [1.807, 2.05) is 0 Å². The summed E-state index contributed by atoms with van der Waals surface area (Å²) in [5.74, 6) is -0.376. The van der Waals surface area contributed by atoms with Crippen LogP contribution in [0.1, 0.15) is 23.4 Å². The first kappa shape index (κ1) is 13.8. The fourth-order valence-electron chi connectivity index (χ4n) is 1.18. The van der Waals surface area contributed by atoms with Crippen LogP contribution in [0.5, 0.6) is 0 Å². The smallest absolute Gasteiger partial charge is 0.298 e. The predicted molar refractivity (Wildman–Crippen MR) is 63.4 cm³/mol. The molecule has 0 saturated carbocycles. The molecule has 1 aromatic rings. The minimum absolute atomic E-state index is 0.0252. The molecule has 6 heteroatoms. The lowest BCUT2D eigenvalue weighted by molar-refractivity contribution is -0.138. The van der Waals surface area contributed by atoms with Crippen LogP contribution in [0.2, 0.25) is 0 Å². The molecule has 1 atom stereocenters. The zero-order chi connectivity index (χ0) is 12.5. The molecule has 0 aliphatic carbocycles. The third-order valence-electron chi connectivity index (χ3n) is 1.96. The molecular weight excluding hydrogens is 355 g/mol. The Morgan fingerprint density at radius 2 is 2.00 bits per heavy atom. The summed E-state index contributed by atoms with van der Waals surface area (Å²) >= 11 is 7.30. The summed E-state index contributed by atoms with van der Waals surface area (Å²) in [6.07, 6.45) is -4.43. The van der Waals surface area contributed by atoms with E-state index in [0.29, 0.717) is 0 Å². The van der Waals surface area contributed by atoms with E-state index >= 15 is 0 Å². The van der Waals surface area contributed by atoms with Gasteiger partial charge < -0.3 is 0 Å². The molecule has 0 aliphatic rings. The maximum Gasteiger partial charge on any atom is 0.417 e. The lowest BCUT2D eigenvalue weighted by Gasteiger charge is -2.14. The third-order valence-corrected chi connectivity index (χ3v) is 3.71. The molecule has 0 spiro atoms. The van der Waals surface area contributed by atoms with Crippen molar-refractivity contribution in [3.05, 3.63) is 32.9 Å². The fourth-order valence-corrected chi connectivity index (χ4v) is 2.53. The lowest BCUT2D eigenvalue weighted by Crippen LogP contribution is -2.11. The SMILES string of the molecule is CC(=O)C(Cl)c1cccc(C(F)(F)F)c1I. The van der Waals surface area contributed by atoms with Crippen LogP contribution >= 0.6 is 34.2 Å². The molecule has 88 valence electrons. The monoisotopic (exact) mass is 362 g/mol. The Bertz CT molecular complexity index is 417. The molecule has 0 amide bonds. The minimum Gasteiger partial charge on any atom is -0.298 e. The third kappa shape index (κ3) is 2.88. The van der Waals surface area contributed by atoms with Crippen LogP contribution < -0.4 is 0 Å². The Hall–Kier alpha value is -0.300. The highest BCUT2D eigenvalue weighted by atomic mass is 127. The molecule has 0 aliphatic heterocycles. The number of hydrogen-bond donors (Lipinski definition) is 0. The standard InChI is InChI=1S/C10H7ClF3IO/c1-5(16)8(11)6-3-2-4-7(9(6)15)10(12,13)14/h2-4,8H,1H3. The number of hydrogen-bond acceptors (Lipinski definition) is 1. The van der Waals surface area contributed by atoms with Crippen LogP contribution in [0, 0.1) is 3.57 Å². The van der Waals surface area contributed by atoms with Crippen LogP contribution in [0.25, 0.3) is 0 Å². The van der Waals surface area contributed by atoms with Gasteiger partial charge in [0, 0.05) is 3.57 Å². The summed E-state index contributed by atoms with van der Waals surface area (Å²) in [5, 5.41) is -1.03. The topological polar surface area (TPSA) is 17.1 Å². The normalized spacial score (nSPS) is 13.6. The molecule has 0 bridgehead atoms. The van der Waals surface area contributed by atoms with Crippen molar-refractivity contribution in [1.29, 1.82) is 0 Å². The fraction of sp³-hybridized carbons (Fsp3) is 0.300. The lowest BCUT2D eigenvalue weighted by atomic mass is 10.1. The predicted octanol–water partition coefficient (Wildman–Crippen LogP) is 4.18. The van der Waals surface area contributed by atoms with E-state index in [1.165, 1.54) is 19.1 Å². The second kappa shape index (κ2) is 4.91. The van der Waals surface area contributed by atoms with E-state index in [9.17, 15) is 18.0 Å². The van der Waals surface area contributed by atoms with Crippen molar-refractivity contribution in [2.45, 2.75) is 18.5 Å². The van der Waals surface area contributed by atoms with E-state index in [0.717, 1.165) is 6.07 Å². The minimum atomic E-state index is -4.43. The van der Waals surface area contributed by atoms with Gasteiger partial charge in [0.25, 0.3) is 0 Å². The number of Topliss-reactive ketones (excluding diaryl/α,β-unsaturated/α-hetero) is 1. The van der Waals surface area contributed by atoms with E-state index in [4.69, 9.17) is 11.6 Å². The van der Waals surface area contributed by atoms with Crippen molar-refractivity contribution >= 4 is 40.0 Å². The van der Waals surface area contributed by atoms with Gasteiger partial charge in [0.2, 0.25) is 0 Å². The number of halogens is 5. The largest absolute Gasteiger partial charge is 0.417 e. The highest BCUT2D eigenvalue weighted by Gasteiger charge is 2.34. The van der Waals surface area contributed by atoms with Crippen LogP contribution in [-0.2, 0) is 11.0 Å². The summed E-state index contributed by atoms with van der Waals surface area (Å²) in [6.45, 7) is 1.24. The molecule has 1 rings (SSSR count). The number of carbonyl (C=O) groups is 1. The first-order valence-electron chi connectivity index (χ1n) is 4.25. The molecule has 0 fully saturated rings. The van der Waals surface area contributed by atoms with Gasteiger partial charge in [-0.05, 0) is 41.1 Å². The molecule has 0 heterocycles. The highest BCUT2D eigenvalue weighted by Crippen LogP contribution is 2.37. The molecule has 0 N–H and O–H groups in total. The summed E-state index contributed by atoms with van der Waals surface area (Å²) in [7, 11) is 0. The second-order valence-electron chi connectivity index (χ2n) is 3.18. The quantitative estimate of drug-likeness (QED) is 0.570. The van der Waals surface area contributed by atoms with Gasteiger partial charge in [0.05, 0.1) is 5.56 Å². The Balaban J connectivity index is 3.30. The molecule has 0 radical (unpaired) electrons. The first-order chi connectivity index (χ1) is 7.25. The van der Waals surface area contributed by atoms with Gasteiger partial charge in [-0.3, -0.25) is 4.79 Å². The molecule has 16 heavy (non-hydrogen) atoms. The van der Waals surface area contributed by atoms with Crippen molar-refractivity contribution in [1.82, 2.24) is 0 Å². The number of ketones is 1. The van der Waals surface area contributed by atoms with E-state index in [2.05, 4.69) is 0 Å². The summed E-state index contributed by atoms with van der Waals surface area (Å²) in [5.41, 5.74) is -0.568. The maximum absolute atomic E-state index is 12.6. The van der Waals surface area contributed by atoms with Crippen LogP contribution in [-0.4, -0.2) is 5.78 Å². The van der Waals surface area contributed by atoms with Gasteiger partial charge in [-0.15, -0.1) is 11.6 Å². The zero-order valence-electron chi connectivity index (χ0n) is 8.11. The van der Waals surface area contributed by atoms with Crippen molar-refractivity contribution < 1.29 is 18.0 Å². The van der Waals surface area contributed by atoms with E-state index in [1.54, 1.807) is 22.6 Å². The summed E-state index contributed by atoms with van der Waals surface area (Å²) in [4.78, 5) is 11.0. The van der Waals surface area contributed by atoms with Gasteiger partial charge in [-0.1, -0.05) is 12.1 Å². The van der Waals surface area contributed by atoms with Crippen molar-refractivity contribution in [3.63, 3.8) is 0 Å². The van der Waals surface area contributed by atoms with E-state index < -0.39 is 17.1 Å². The molecule has 1 unspecified atom stereocenters. The molecule has 1 aromatic carbocycles. The van der Waals surface area contributed by atoms with E-state index in [-0.39, 0.29) is 14.9 Å². The Morgan fingerprint density at radius 3 is 2.44 bits per heavy atom. The Morgan fingerprint density at radius 1 is 1.44 bits per heavy atom. The number of benzene rings is 1.